The van der Waals surface area contributed by atoms with E-state index in [9.17, 15) is 8.42 Å². The largest absolute Gasteiger partial charge is 0.240 e. The van der Waals surface area contributed by atoms with Crippen LogP contribution in [0.3, 0.4) is 0 Å². The van der Waals surface area contributed by atoms with Crippen LogP contribution < -0.4 is 4.72 Å². The molecule has 150 valence electrons. The second-order valence-electron chi connectivity index (χ2n) is 8.23. The van der Waals surface area contributed by atoms with Gasteiger partial charge in [0.1, 0.15) is 0 Å². The van der Waals surface area contributed by atoms with Crippen molar-refractivity contribution in [3.63, 3.8) is 0 Å². The SMILES string of the molecule is Cc1ccc(C2(c3ccc(C)cc3)CC[C@@H]2NS(=O)(=O)c2ccc(C)cc2)cc1. The molecule has 1 aliphatic carbocycles. The fourth-order valence-electron chi connectivity index (χ4n) is 4.27. The quantitative estimate of drug-likeness (QED) is 0.646. The van der Waals surface area contributed by atoms with Gasteiger partial charge in [0.15, 0.2) is 0 Å². The van der Waals surface area contributed by atoms with E-state index >= 15 is 0 Å². The van der Waals surface area contributed by atoms with Crippen LogP contribution in [0.4, 0.5) is 0 Å². The third kappa shape index (κ3) is 3.63. The second kappa shape index (κ2) is 7.43. The van der Waals surface area contributed by atoms with Crippen LogP contribution in [-0.4, -0.2) is 14.5 Å². The van der Waals surface area contributed by atoms with Crippen LogP contribution in [0.5, 0.6) is 0 Å². The van der Waals surface area contributed by atoms with E-state index in [1.54, 1.807) is 12.1 Å². The number of benzene rings is 3. The van der Waals surface area contributed by atoms with Gasteiger partial charge in [0.25, 0.3) is 0 Å². The van der Waals surface area contributed by atoms with E-state index in [1.807, 2.05) is 19.1 Å². The maximum absolute atomic E-state index is 13.1. The van der Waals surface area contributed by atoms with Crippen molar-refractivity contribution in [1.29, 1.82) is 0 Å². The van der Waals surface area contributed by atoms with Crippen molar-refractivity contribution in [3.8, 4) is 0 Å². The smallest absolute Gasteiger partial charge is 0.207 e. The van der Waals surface area contributed by atoms with Crippen LogP contribution in [0.25, 0.3) is 0 Å². The van der Waals surface area contributed by atoms with Gasteiger partial charge in [0, 0.05) is 11.5 Å². The predicted octanol–water partition coefficient (Wildman–Crippen LogP) is 5.04. The topological polar surface area (TPSA) is 46.2 Å². The lowest BCUT2D eigenvalue weighted by Gasteiger charge is -2.50. The van der Waals surface area contributed by atoms with Gasteiger partial charge in [-0.15, -0.1) is 0 Å². The molecule has 1 N–H and O–H groups in total. The van der Waals surface area contributed by atoms with Crippen molar-refractivity contribution in [2.24, 2.45) is 0 Å². The summed E-state index contributed by atoms with van der Waals surface area (Å²) >= 11 is 0. The summed E-state index contributed by atoms with van der Waals surface area (Å²) in [6.07, 6.45) is 1.73. The monoisotopic (exact) mass is 405 g/mol. The lowest BCUT2D eigenvalue weighted by atomic mass is 9.57. The summed E-state index contributed by atoms with van der Waals surface area (Å²) in [7, 11) is -3.59. The van der Waals surface area contributed by atoms with Gasteiger partial charge < -0.3 is 0 Å². The van der Waals surface area contributed by atoms with E-state index in [-0.39, 0.29) is 11.5 Å². The summed E-state index contributed by atoms with van der Waals surface area (Å²) < 4.78 is 29.2. The molecule has 3 nitrogen and oxygen atoms in total. The molecule has 0 bridgehead atoms. The van der Waals surface area contributed by atoms with Crippen molar-refractivity contribution in [2.75, 3.05) is 0 Å². The average Bonchev–Trinajstić information content (AvgIpc) is 2.69. The van der Waals surface area contributed by atoms with Gasteiger partial charge in [-0.05, 0) is 56.9 Å². The molecule has 3 aromatic rings. The number of rotatable bonds is 5. The summed E-state index contributed by atoms with van der Waals surface area (Å²) in [5.74, 6) is 0. The molecule has 1 atom stereocenters. The lowest BCUT2D eigenvalue weighted by molar-refractivity contribution is 0.224. The minimum absolute atomic E-state index is 0.181. The van der Waals surface area contributed by atoms with Gasteiger partial charge in [0.2, 0.25) is 10.0 Å². The Balaban J connectivity index is 1.75. The third-order valence-electron chi connectivity index (χ3n) is 6.18. The summed E-state index contributed by atoms with van der Waals surface area (Å²) in [5.41, 5.74) is 5.41. The Kier molecular flexibility index (Phi) is 5.09. The molecule has 0 amide bonds. The van der Waals surface area contributed by atoms with Gasteiger partial charge in [-0.25, -0.2) is 13.1 Å². The van der Waals surface area contributed by atoms with Crippen molar-refractivity contribution in [1.82, 2.24) is 4.72 Å². The molecule has 0 unspecified atom stereocenters. The predicted molar refractivity (Wildman–Crippen MR) is 118 cm³/mol. The zero-order valence-corrected chi connectivity index (χ0v) is 18.0. The van der Waals surface area contributed by atoms with E-state index in [2.05, 4.69) is 67.1 Å². The summed E-state index contributed by atoms with van der Waals surface area (Å²) in [4.78, 5) is 0.316. The van der Waals surface area contributed by atoms with Gasteiger partial charge >= 0.3 is 0 Å². The first kappa shape index (κ1) is 19.9. The summed E-state index contributed by atoms with van der Waals surface area (Å²) in [6.45, 7) is 6.09. The third-order valence-corrected chi connectivity index (χ3v) is 7.67. The van der Waals surface area contributed by atoms with Crippen LogP contribution in [0, 0.1) is 20.8 Å². The zero-order chi connectivity index (χ0) is 20.6. The van der Waals surface area contributed by atoms with E-state index in [0.29, 0.717) is 4.90 Å². The average molecular weight is 406 g/mol. The normalized spacial score (nSPS) is 18.2. The molecule has 4 heteroatoms. The van der Waals surface area contributed by atoms with Gasteiger partial charge in [-0.2, -0.15) is 0 Å². The lowest BCUT2D eigenvalue weighted by Crippen LogP contribution is -2.58. The van der Waals surface area contributed by atoms with Crippen LogP contribution in [0.15, 0.2) is 77.7 Å². The minimum Gasteiger partial charge on any atom is -0.207 e. The highest BCUT2D eigenvalue weighted by molar-refractivity contribution is 7.89. The number of aryl methyl sites for hydroxylation is 3. The van der Waals surface area contributed by atoms with Crippen LogP contribution in [-0.2, 0) is 15.4 Å². The minimum atomic E-state index is -3.59. The number of sulfonamides is 1. The summed E-state index contributed by atoms with van der Waals surface area (Å²) in [5, 5.41) is 0. The van der Waals surface area contributed by atoms with Crippen molar-refractivity contribution < 1.29 is 8.42 Å². The molecule has 0 radical (unpaired) electrons. The molecule has 1 fully saturated rings. The van der Waals surface area contributed by atoms with Crippen molar-refractivity contribution in [3.05, 3.63) is 101 Å². The van der Waals surface area contributed by atoms with Crippen molar-refractivity contribution in [2.45, 2.75) is 50.0 Å². The molecule has 1 aliphatic rings. The number of hydrogen-bond donors (Lipinski definition) is 1. The Labute approximate surface area is 173 Å². The van der Waals surface area contributed by atoms with Gasteiger partial charge in [0.05, 0.1) is 4.90 Å². The zero-order valence-electron chi connectivity index (χ0n) is 17.1. The molecule has 1 saturated carbocycles. The molecule has 3 aromatic carbocycles. The Hall–Kier alpha value is -2.43. The van der Waals surface area contributed by atoms with E-state index in [0.717, 1.165) is 29.5 Å². The van der Waals surface area contributed by atoms with Crippen molar-refractivity contribution >= 4 is 10.0 Å². The summed E-state index contributed by atoms with van der Waals surface area (Å²) in [6, 6.07) is 23.8. The maximum Gasteiger partial charge on any atom is 0.240 e. The highest BCUT2D eigenvalue weighted by Crippen LogP contribution is 2.49. The highest BCUT2D eigenvalue weighted by Gasteiger charge is 2.50. The Morgan fingerprint density at radius 3 is 1.52 bits per heavy atom. The fourth-order valence-corrected chi connectivity index (χ4v) is 5.59. The maximum atomic E-state index is 13.1. The van der Waals surface area contributed by atoms with E-state index in [1.165, 1.54) is 11.1 Å². The molecule has 4 rings (SSSR count). The van der Waals surface area contributed by atoms with Crippen LogP contribution in [0.2, 0.25) is 0 Å². The van der Waals surface area contributed by atoms with E-state index < -0.39 is 10.0 Å². The molecule has 0 heterocycles. The first-order chi connectivity index (χ1) is 13.8. The Morgan fingerprint density at radius 1 is 0.724 bits per heavy atom. The van der Waals surface area contributed by atoms with Crippen LogP contribution in [0.1, 0.15) is 40.7 Å². The van der Waals surface area contributed by atoms with Gasteiger partial charge in [-0.3, -0.25) is 0 Å². The number of hydrogen-bond acceptors (Lipinski definition) is 2. The van der Waals surface area contributed by atoms with Crippen LogP contribution >= 0.6 is 0 Å². The molecule has 0 saturated heterocycles. The fraction of sp³-hybridized carbons (Fsp3) is 0.280. The molecule has 29 heavy (non-hydrogen) atoms. The molecule has 0 spiro atoms. The number of nitrogens with one attached hydrogen (secondary N) is 1. The first-order valence-corrected chi connectivity index (χ1v) is 11.5. The standard InChI is InChI=1S/C25H27NO2S/c1-18-4-10-21(11-5-18)25(22-12-6-19(2)7-13-22)17-16-24(25)26-29(27,28)23-14-8-20(3)9-15-23/h4-15,24,26H,16-17H2,1-3H3/t24-/m0/s1. The first-order valence-electron chi connectivity index (χ1n) is 10.0. The highest BCUT2D eigenvalue weighted by atomic mass is 32.2. The van der Waals surface area contributed by atoms with E-state index in [4.69, 9.17) is 0 Å². The molecular weight excluding hydrogens is 378 g/mol. The second-order valence-corrected chi connectivity index (χ2v) is 9.94. The Bertz CT molecular complexity index is 1050. The molecule has 0 aromatic heterocycles. The molecular formula is C25H27NO2S. The Morgan fingerprint density at radius 2 is 1.14 bits per heavy atom. The molecule has 0 aliphatic heterocycles. The van der Waals surface area contributed by atoms with Gasteiger partial charge in [-0.1, -0.05) is 77.4 Å².